The maximum atomic E-state index is 12.3. The molecular weight excluding hydrogens is 298 g/mol. The summed E-state index contributed by atoms with van der Waals surface area (Å²) in [6.45, 7) is 2.09. The minimum Gasteiger partial charge on any atom is -0.493 e. The van der Waals surface area contributed by atoms with Crippen molar-refractivity contribution in [3.05, 3.63) is 17.7 Å². The highest BCUT2D eigenvalue weighted by atomic mass is 32.2. The van der Waals surface area contributed by atoms with Gasteiger partial charge in [-0.1, -0.05) is 0 Å². The lowest BCUT2D eigenvalue weighted by Crippen LogP contribution is -2.43. The second-order valence-electron chi connectivity index (χ2n) is 4.95. The molecule has 1 aromatic carbocycles. The van der Waals surface area contributed by atoms with Gasteiger partial charge >= 0.3 is 0 Å². The molecule has 0 amide bonds. The van der Waals surface area contributed by atoms with Crippen LogP contribution in [-0.4, -0.2) is 51.6 Å². The van der Waals surface area contributed by atoms with Crippen molar-refractivity contribution in [1.29, 1.82) is 0 Å². The molecule has 7 nitrogen and oxygen atoms in total. The van der Waals surface area contributed by atoms with E-state index in [2.05, 4.69) is 4.72 Å². The fourth-order valence-corrected chi connectivity index (χ4v) is 3.04. The van der Waals surface area contributed by atoms with Crippen molar-refractivity contribution in [2.24, 2.45) is 0 Å². The van der Waals surface area contributed by atoms with Crippen molar-refractivity contribution < 1.29 is 28.1 Å². The lowest BCUT2D eigenvalue weighted by molar-refractivity contribution is 0.00681. The van der Waals surface area contributed by atoms with Crippen LogP contribution in [0.2, 0.25) is 0 Å². The SMILES string of the molecule is COc1cc(C)c(S(=O)(=O)NCC(C)(O)CO)cc1OC. The fraction of sp³-hybridized carbons (Fsp3) is 0.538. The summed E-state index contributed by atoms with van der Waals surface area (Å²) in [7, 11) is -0.978. The quantitative estimate of drug-likeness (QED) is 0.655. The van der Waals surface area contributed by atoms with Gasteiger partial charge in [-0.25, -0.2) is 13.1 Å². The first kappa shape index (κ1) is 17.7. The number of benzene rings is 1. The Balaban J connectivity index is 3.14. The van der Waals surface area contributed by atoms with E-state index in [-0.39, 0.29) is 17.2 Å². The van der Waals surface area contributed by atoms with Crippen molar-refractivity contribution >= 4 is 10.0 Å². The van der Waals surface area contributed by atoms with Crippen molar-refractivity contribution in [2.45, 2.75) is 24.3 Å². The Kier molecular flexibility index (Phi) is 5.57. The maximum Gasteiger partial charge on any atom is 0.241 e. The summed E-state index contributed by atoms with van der Waals surface area (Å²) in [6, 6.07) is 2.90. The highest BCUT2D eigenvalue weighted by molar-refractivity contribution is 7.89. The Labute approximate surface area is 124 Å². The van der Waals surface area contributed by atoms with Crippen molar-refractivity contribution in [3.63, 3.8) is 0 Å². The predicted molar refractivity (Wildman–Crippen MR) is 77.2 cm³/mol. The number of aliphatic hydroxyl groups excluding tert-OH is 1. The first-order valence-corrected chi connectivity index (χ1v) is 7.70. The van der Waals surface area contributed by atoms with Crippen LogP contribution in [0.4, 0.5) is 0 Å². The van der Waals surface area contributed by atoms with Gasteiger partial charge in [-0.2, -0.15) is 0 Å². The van der Waals surface area contributed by atoms with Crippen LogP contribution >= 0.6 is 0 Å². The number of aliphatic hydroxyl groups is 2. The fourth-order valence-electron chi connectivity index (χ4n) is 1.64. The third-order valence-corrected chi connectivity index (χ3v) is 4.50. The third-order valence-electron chi connectivity index (χ3n) is 2.95. The van der Waals surface area contributed by atoms with Crippen LogP contribution in [0.3, 0.4) is 0 Å². The van der Waals surface area contributed by atoms with Crippen molar-refractivity contribution in [3.8, 4) is 11.5 Å². The number of ether oxygens (including phenoxy) is 2. The summed E-state index contributed by atoms with van der Waals surface area (Å²) in [6.07, 6.45) is 0. The molecule has 0 aliphatic heterocycles. The Bertz CT molecular complexity index is 597. The van der Waals surface area contributed by atoms with Crippen molar-refractivity contribution in [1.82, 2.24) is 4.72 Å². The lowest BCUT2D eigenvalue weighted by atomic mass is 10.1. The number of methoxy groups -OCH3 is 2. The summed E-state index contributed by atoms with van der Waals surface area (Å²) >= 11 is 0. The van der Waals surface area contributed by atoms with Gasteiger partial charge in [0.15, 0.2) is 11.5 Å². The summed E-state index contributed by atoms with van der Waals surface area (Å²) in [4.78, 5) is 0.0221. The van der Waals surface area contributed by atoms with E-state index in [0.29, 0.717) is 11.3 Å². The molecule has 0 bridgehead atoms. The van der Waals surface area contributed by atoms with E-state index in [1.807, 2.05) is 0 Å². The third kappa shape index (κ3) is 4.31. The molecule has 0 fully saturated rings. The maximum absolute atomic E-state index is 12.3. The normalized spacial score (nSPS) is 14.6. The summed E-state index contributed by atoms with van der Waals surface area (Å²) in [5.41, 5.74) is -1.05. The smallest absolute Gasteiger partial charge is 0.241 e. The largest absolute Gasteiger partial charge is 0.493 e. The van der Waals surface area contributed by atoms with Crippen LogP contribution in [-0.2, 0) is 10.0 Å². The molecule has 0 radical (unpaired) electrons. The van der Waals surface area contributed by atoms with Gasteiger partial charge in [-0.15, -0.1) is 0 Å². The van der Waals surface area contributed by atoms with E-state index in [1.165, 1.54) is 27.2 Å². The molecule has 3 N–H and O–H groups in total. The van der Waals surface area contributed by atoms with Gasteiger partial charge in [0.2, 0.25) is 10.0 Å². The molecule has 1 unspecified atom stereocenters. The van der Waals surface area contributed by atoms with Gasteiger partial charge in [-0.3, -0.25) is 0 Å². The van der Waals surface area contributed by atoms with Gasteiger partial charge < -0.3 is 19.7 Å². The molecule has 0 aliphatic carbocycles. The highest BCUT2D eigenvalue weighted by Crippen LogP contribution is 2.32. The minimum atomic E-state index is -3.85. The molecule has 0 aromatic heterocycles. The second kappa shape index (κ2) is 6.61. The Morgan fingerprint density at radius 1 is 1.24 bits per heavy atom. The number of aryl methyl sites for hydroxylation is 1. The Morgan fingerprint density at radius 2 is 1.76 bits per heavy atom. The topological polar surface area (TPSA) is 105 Å². The predicted octanol–water partition coefficient (Wildman–Crippen LogP) is 0.0338. The molecule has 1 aromatic rings. The summed E-state index contributed by atoms with van der Waals surface area (Å²) < 4.78 is 37.0. The van der Waals surface area contributed by atoms with Crippen LogP contribution in [0.1, 0.15) is 12.5 Å². The van der Waals surface area contributed by atoms with E-state index in [1.54, 1.807) is 13.0 Å². The number of rotatable bonds is 7. The zero-order chi connectivity index (χ0) is 16.3. The van der Waals surface area contributed by atoms with E-state index >= 15 is 0 Å². The van der Waals surface area contributed by atoms with Crippen LogP contribution in [0.15, 0.2) is 17.0 Å². The molecule has 0 saturated carbocycles. The van der Waals surface area contributed by atoms with Crippen molar-refractivity contribution in [2.75, 3.05) is 27.4 Å². The molecule has 0 spiro atoms. The molecule has 120 valence electrons. The zero-order valence-corrected chi connectivity index (χ0v) is 13.3. The minimum absolute atomic E-state index is 0.0221. The highest BCUT2D eigenvalue weighted by Gasteiger charge is 2.25. The number of hydrogen-bond donors (Lipinski definition) is 3. The van der Waals surface area contributed by atoms with Crippen LogP contribution in [0.5, 0.6) is 11.5 Å². The number of nitrogens with one attached hydrogen (secondary N) is 1. The van der Waals surface area contributed by atoms with Gasteiger partial charge in [0.25, 0.3) is 0 Å². The van der Waals surface area contributed by atoms with Crippen LogP contribution in [0, 0.1) is 6.92 Å². The lowest BCUT2D eigenvalue weighted by Gasteiger charge is -2.21. The molecule has 1 atom stereocenters. The number of sulfonamides is 1. The standard InChI is InChI=1S/C13H21NO6S/c1-9-5-10(19-3)11(20-4)6-12(9)21(17,18)14-7-13(2,16)8-15/h5-6,14-16H,7-8H2,1-4H3. The van der Waals surface area contributed by atoms with E-state index in [9.17, 15) is 13.5 Å². The van der Waals surface area contributed by atoms with Crippen LogP contribution < -0.4 is 14.2 Å². The molecule has 8 heteroatoms. The Morgan fingerprint density at radius 3 is 2.24 bits per heavy atom. The van der Waals surface area contributed by atoms with E-state index in [4.69, 9.17) is 14.6 Å². The number of hydrogen-bond acceptors (Lipinski definition) is 6. The van der Waals surface area contributed by atoms with E-state index in [0.717, 1.165) is 0 Å². The summed E-state index contributed by atoms with van der Waals surface area (Å²) in [5, 5.41) is 18.6. The first-order chi connectivity index (χ1) is 9.66. The molecular formula is C13H21NO6S. The molecule has 1 rings (SSSR count). The molecule has 21 heavy (non-hydrogen) atoms. The summed E-state index contributed by atoms with van der Waals surface area (Å²) in [5.74, 6) is 0.716. The molecule has 0 aliphatic rings. The van der Waals surface area contributed by atoms with Gasteiger partial charge in [0, 0.05) is 12.6 Å². The Hall–Kier alpha value is -1.35. The van der Waals surface area contributed by atoms with Crippen LogP contribution in [0.25, 0.3) is 0 Å². The first-order valence-electron chi connectivity index (χ1n) is 6.22. The average Bonchev–Trinajstić information content (AvgIpc) is 2.44. The zero-order valence-electron chi connectivity index (χ0n) is 12.5. The van der Waals surface area contributed by atoms with Gasteiger partial charge in [0.05, 0.1) is 31.3 Å². The monoisotopic (exact) mass is 319 g/mol. The van der Waals surface area contributed by atoms with Gasteiger partial charge in [0.1, 0.15) is 0 Å². The van der Waals surface area contributed by atoms with E-state index < -0.39 is 22.2 Å². The molecule has 0 heterocycles. The average molecular weight is 319 g/mol. The van der Waals surface area contributed by atoms with Gasteiger partial charge in [-0.05, 0) is 25.5 Å². The molecule has 0 saturated heterocycles. The second-order valence-corrected chi connectivity index (χ2v) is 6.69.